The van der Waals surface area contributed by atoms with Gasteiger partial charge in [-0.2, -0.15) is 0 Å². The average molecular weight is 328 g/mol. The van der Waals surface area contributed by atoms with E-state index in [-0.39, 0.29) is 11.6 Å². The molecule has 1 amide bonds. The zero-order chi connectivity index (χ0) is 17.5. The Labute approximate surface area is 140 Å². The van der Waals surface area contributed by atoms with Gasteiger partial charge in [0.25, 0.3) is 11.6 Å². The second-order valence-corrected chi connectivity index (χ2v) is 5.82. The highest BCUT2D eigenvalue weighted by atomic mass is 16.6. The van der Waals surface area contributed by atoms with Crippen LogP contribution < -0.4 is 10.1 Å². The third-order valence-corrected chi connectivity index (χ3v) is 3.40. The highest BCUT2D eigenvalue weighted by Gasteiger charge is 2.09. The van der Waals surface area contributed by atoms with E-state index in [9.17, 15) is 14.9 Å². The number of carbonyl (C=O) groups excluding carboxylic acids is 1. The SMILES string of the molecule is CC(C)CCOc1cccc(C(=O)Nc2ccc([N+](=O)[O-])cc2)c1. The molecule has 0 heterocycles. The third kappa shape index (κ3) is 5.08. The number of rotatable bonds is 7. The number of carbonyl (C=O) groups is 1. The second-order valence-electron chi connectivity index (χ2n) is 5.82. The van der Waals surface area contributed by atoms with E-state index in [0.717, 1.165) is 6.42 Å². The molecule has 6 heteroatoms. The van der Waals surface area contributed by atoms with Crippen molar-refractivity contribution in [2.45, 2.75) is 20.3 Å². The number of amides is 1. The van der Waals surface area contributed by atoms with Crippen LogP contribution in [0.15, 0.2) is 48.5 Å². The lowest BCUT2D eigenvalue weighted by Crippen LogP contribution is -2.12. The maximum absolute atomic E-state index is 12.3. The van der Waals surface area contributed by atoms with Crippen LogP contribution in [0.4, 0.5) is 11.4 Å². The van der Waals surface area contributed by atoms with Gasteiger partial charge in [0.05, 0.1) is 11.5 Å². The molecule has 0 aromatic heterocycles. The minimum Gasteiger partial charge on any atom is -0.494 e. The molecule has 2 aromatic rings. The minimum atomic E-state index is -0.483. The van der Waals surface area contributed by atoms with Gasteiger partial charge >= 0.3 is 0 Å². The molecule has 0 unspecified atom stereocenters. The van der Waals surface area contributed by atoms with E-state index in [0.29, 0.717) is 29.5 Å². The lowest BCUT2D eigenvalue weighted by atomic mass is 10.1. The molecule has 0 fully saturated rings. The van der Waals surface area contributed by atoms with Crippen LogP contribution in [0.5, 0.6) is 5.75 Å². The Morgan fingerprint density at radius 2 is 1.92 bits per heavy atom. The van der Waals surface area contributed by atoms with Crippen molar-refractivity contribution >= 4 is 17.3 Å². The zero-order valence-electron chi connectivity index (χ0n) is 13.7. The summed E-state index contributed by atoms with van der Waals surface area (Å²) in [6.07, 6.45) is 0.944. The van der Waals surface area contributed by atoms with Crippen LogP contribution in [0.2, 0.25) is 0 Å². The van der Waals surface area contributed by atoms with Crippen LogP contribution in [0, 0.1) is 16.0 Å². The Kier molecular flexibility index (Phi) is 5.89. The van der Waals surface area contributed by atoms with E-state index in [2.05, 4.69) is 19.2 Å². The summed E-state index contributed by atoms with van der Waals surface area (Å²) in [6, 6.07) is 12.6. The number of nitrogens with one attached hydrogen (secondary N) is 1. The van der Waals surface area contributed by atoms with E-state index in [1.165, 1.54) is 24.3 Å². The van der Waals surface area contributed by atoms with E-state index in [1.54, 1.807) is 18.2 Å². The van der Waals surface area contributed by atoms with Crippen LogP contribution >= 0.6 is 0 Å². The first-order chi connectivity index (χ1) is 11.5. The molecule has 126 valence electrons. The lowest BCUT2D eigenvalue weighted by Gasteiger charge is -2.10. The molecule has 0 saturated heterocycles. The van der Waals surface area contributed by atoms with E-state index < -0.39 is 4.92 Å². The molecule has 24 heavy (non-hydrogen) atoms. The Balaban J connectivity index is 2.00. The van der Waals surface area contributed by atoms with Crippen molar-refractivity contribution in [1.82, 2.24) is 0 Å². The first-order valence-electron chi connectivity index (χ1n) is 7.74. The van der Waals surface area contributed by atoms with Crippen molar-refractivity contribution < 1.29 is 14.5 Å². The number of ether oxygens (including phenoxy) is 1. The molecule has 0 aliphatic carbocycles. The van der Waals surface area contributed by atoms with Crippen LogP contribution in [-0.2, 0) is 0 Å². The molecule has 0 bridgehead atoms. The Morgan fingerprint density at radius 3 is 2.54 bits per heavy atom. The van der Waals surface area contributed by atoms with E-state index in [1.807, 2.05) is 6.07 Å². The number of anilines is 1. The summed E-state index contributed by atoms with van der Waals surface area (Å²) < 4.78 is 5.64. The summed E-state index contributed by atoms with van der Waals surface area (Å²) in [4.78, 5) is 22.4. The fourth-order valence-corrected chi connectivity index (χ4v) is 2.01. The fraction of sp³-hybridized carbons (Fsp3) is 0.278. The van der Waals surface area contributed by atoms with E-state index in [4.69, 9.17) is 4.74 Å². The Morgan fingerprint density at radius 1 is 1.21 bits per heavy atom. The van der Waals surface area contributed by atoms with Gasteiger partial charge in [0.15, 0.2) is 0 Å². The highest BCUT2D eigenvalue weighted by Crippen LogP contribution is 2.18. The molecule has 0 aliphatic rings. The number of hydrogen-bond acceptors (Lipinski definition) is 4. The monoisotopic (exact) mass is 328 g/mol. The van der Waals surface area contributed by atoms with Crippen molar-refractivity contribution in [1.29, 1.82) is 0 Å². The summed E-state index contributed by atoms with van der Waals surface area (Å²) in [5.41, 5.74) is 0.945. The molecule has 0 aliphatic heterocycles. The molecule has 0 atom stereocenters. The highest BCUT2D eigenvalue weighted by molar-refractivity contribution is 6.04. The van der Waals surface area contributed by atoms with Crippen molar-refractivity contribution in [2.24, 2.45) is 5.92 Å². The predicted octanol–water partition coefficient (Wildman–Crippen LogP) is 4.27. The Hall–Kier alpha value is -2.89. The van der Waals surface area contributed by atoms with Crippen molar-refractivity contribution in [3.05, 3.63) is 64.2 Å². The average Bonchev–Trinajstić information content (AvgIpc) is 2.55. The van der Waals surface area contributed by atoms with Gasteiger partial charge in [-0.3, -0.25) is 14.9 Å². The summed E-state index contributed by atoms with van der Waals surface area (Å²) in [5, 5.41) is 13.3. The third-order valence-electron chi connectivity index (χ3n) is 3.40. The second kappa shape index (κ2) is 8.10. The first kappa shape index (κ1) is 17.5. The van der Waals surface area contributed by atoms with Gasteiger partial charge in [-0.15, -0.1) is 0 Å². The van der Waals surface area contributed by atoms with Gasteiger partial charge < -0.3 is 10.1 Å². The zero-order valence-corrected chi connectivity index (χ0v) is 13.7. The number of hydrogen-bond donors (Lipinski definition) is 1. The molecule has 2 aromatic carbocycles. The molecule has 0 radical (unpaired) electrons. The summed E-state index contributed by atoms with van der Waals surface area (Å²) in [6.45, 7) is 4.85. The molecular formula is C18H20N2O4. The number of nitro groups is 1. The molecule has 0 spiro atoms. The quantitative estimate of drug-likeness (QED) is 0.608. The maximum Gasteiger partial charge on any atom is 0.269 e. The number of nitro benzene ring substituents is 1. The van der Waals surface area contributed by atoms with Crippen LogP contribution in [0.3, 0.4) is 0 Å². The molecule has 0 saturated carbocycles. The first-order valence-corrected chi connectivity index (χ1v) is 7.74. The van der Waals surface area contributed by atoms with Crippen LogP contribution in [0.1, 0.15) is 30.6 Å². The normalized spacial score (nSPS) is 10.5. The van der Waals surface area contributed by atoms with E-state index >= 15 is 0 Å². The van der Waals surface area contributed by atoms with Gasteiger partial charge in [-0.05, 0) is 42.7 Å². The van der Waals surface area contributed by atoms with Crippen molar-refractivity contribution in [2.75, 3.05) is 11.9 Å². The molecule has 1 N–H and O–H groups in total. The molecule has 6 nitrogen and oxygen atoms in total. The number of non-ortho nitro benzene ring substituents is 1. The topological polar surface area (TPSA) is 81.5 Å². The predicted molar refractivity (Wildman–Crippen MR) is 92.4 cm³/mol. The van der Waals surface area contributed by atoms with Gasteiger partial charge in [0.2, 0.25) is 0 Å². The summed E-state index contributed by atoms with van der Waals surface area (Å²) in [5.74, 6) is 0.906. The summed E-state index contributed by atoms with van der Waals surface area (Å²) in [7, 11) is 0. The number of benzene rings is 2. The van der Waals surface area contributed by atoms with Crippen LogP contribution in [-0.4, -0.2) is 17.4 Å². The fourth-order valence-electron chi connectivity index (χ4n) is 2.01. The number of nitrogens with zero attached hydrogens (tertiary/aromatic N) is 1. The Bertz CT molecular complexity index is 711. The lowest BCUT2D eigenvalue weighted by molar-refractivity contribution is -0.384. The van der Waals surface area contributed by atoms with Crippen LogP contribution in [0.25, 0.3) is 0 Å². The molecular weight excluding hydrogens is 308 g/mol. The largest absolute Gasteiger partial charge is 0.494 e. The smallest absolute Gasteiger partial charge is 0.269 e. The minimum absolute atomic E-state index is 0.0199. The van der Waals surface area contributed by atoms with Gasteiger partial charge in [-0.1, -0.05) is 19.9 Å². The van der Waals surface area contributed by atoms with Crippen molar-refractivity contribution in [3.8, 4) is 5.75 Å². The van der Waals surface area contributed by atoms with Crippen molar-refractivity contribution in [3.63, 3.8) is 0 Å². The summed E-state index contributed by atoms with van der Waals surface area (Å²) >= 11 is 0. The maximum atomic E-state index is 12.3. The van der Waals surface area contributed by atoms with Gasteiger partial charge in [0.1, 0.15) is 5.75 Å². The standard InChI is InChI=1S/C18H20N2O4/c1-13(2)10-11-24-17-5-3-4-14(12-17)18(21)19-15-6-8-16(9-7-15)20(22)23/h3-9,12-13H,10-11H2,1-2H3,(H,19,21). The molecule has 2 rings (SSSR count). The van der Waals surface area contributed by atoms with Gasteiger partial charge in [-0.25, -0.2) is 0 Å². The van der Waals surface area contributed by atoms with Gasteiger partial charge in [0, 0.05) is 23.4 Å².